The lowest BCUT2D eigenvalue weighted by molar-refractivity contribution is -0.116. The third kappa shape index (κ3) is 4.92. The fourth-order valence-corrected chi connectivity index (χ4v) is 3.17. The van der Waals surface area contributed by atoms with Crippen LogP contribution in [-0.2, 0) is 4.79 Å². The maximum absolute atomic E-state index is 12.6. The average Bonchev–Trinajstić information content (AvgIpc) is 2.67. The first-order valence-corrected chi connectivity index (χ1v) is 9.40. The van der Waals surface area contributed by atoms with Gasteiger partial charge in [-0.05, 0) is 75.2 Å². The summed E-state index contributed by atoms with van der Waals surface area (Å²) < 4.78 is 5.79. The Kier molecular flexibility index (Phi) is 5.99. The number of nitrogens with one attached hydrogen (secondary N) is 2. The minimum Gasteiger partial charge on any atom is -0.457 e. The van der Waals surface area contributed by atoms with Crippen molar-refractivity contribution in [3.63, 3.8) is 0 Å². The zero-order valence-corrected chi connectivity index (χ0v) is 16.7. The Morgan fingerprint density at radius 1 is 0.857 bits per heavy atom. The molecule has 0 radical (unpaired) electrons. The molecule has 3 aromatic rings. The van der Waals surface area contributed by atoms with Gasteiger partial charge < -0.3 is 15.4 Å². The zero-order chi connectivity index (χ0) is 20.1. The molecule has 0 saturated carbocycles. The molecule has 0 saturated heterocycles. The van der Waals surface area contributed by atoms with Gasteiger partial charge >= 0.3 is 0 Å². The SMILES string of the molecule is Cc1cc(C)c(NC(=O)[C@@H](C)Nc2ccc(Oc3ccccc3)cc2)c(C)c1. The van der Waals surface area contributed by atoms with E-state index in [1.165, 1.54) is 5.56 Å². The molecule has 144 valence electrons. The second-order valence-corrected chi connectivity index (χ2v) is 7.07. The number of carbonyl (C=O) groups excluding carboxylic acids is 1. The van der Waals surface area contributed by atoms with Crippen molar-refractivity contribution in [2.75, 3.05) is 10.6 Å². The molecule has 0 spiro atoms. The molecule has 0 aromatic heterocycles. The van der Waals surface area contributed by atoms with E-state index in [0.29, 0.717) is 0 Å². The summed E-state index contributed by atoms with van der Waals surface area (Å²) in [6.07, 6.45) is 0. The monoisotopic (exact) mass is 374 g/mol. The van der Waals surface area contributed by atoms with Gasteiger partial charge in [0.2, 0.25) is 5.91 Å². The summed E-state index contributed by atoms with van der Waals surface area (Å²) >= 11 is 0. The summed E-state index contributed by atoms with van der Waals surface area (Å²) in [7, 11) is 0. The normalized spacial score (nSPS) is 11.6. The molecule has 4 nitrogen and oxygen atoms in total. The molecule has 0 aliphatic rings. The summed E-state index contributed by atoms with van der Waals surface area (Å²) in [6.45, 7) is 7.93. The number of ether oxygens (including phenoxy) is 1. The van der Waals surface area contributed by atoms with Crippen LogP contribution in [0.4, 0.5) is 11.4 Å². The maximum Gasteiger partial charge on any atom is 0.246 e. The van der Waals surface area contributed by atoms with Crippen molar-refractivity contribution in [2.24, 2.45) is 0 Å². The number of benzene rings is 3. The van der Waals surface area contributed by atoms with Gasteiger partial charge in [-0.2, -0.15) is 0 Å². The maximum atomic E-state index is 12.6. The van der Waals surface area contributed by atoms with E-state index in [1.54, 1.807) is 0 Å². The van der Waals surface area contributed by atoms with Crippen LogP contribution in [0.5, 0.6) is 11.5 Å². The van der Waals surface area contributed by atoms with Crippen LogP contribution >= 0.6 is 0 Å². The van der Waals surface area contributed by atoms with E-state index in [4.69, 9.17) is 4.74 Å². The van der Waals surface area contributed by atoms with E-state index >= 15 is 0 Å². The van der Waals surface area contributed by atoms with Crippen molar-refractivity contribution in [1.82, 2.24) is 0 Å². The molecule has 4 heteroatoms. The van der Waals surface area contributed by atoms with Crippen molar-refractivity contribution in [2.45, 2.75) is 33.7 Å². The number of rotatable bonds is 6. The minimum atomic E-state index is -0.374. The highest BCUT2D eigenvalue weighted by atomic mass is 16.5. The first-order chi connectivity index (χ1) is 13.4. The summed E-state index contributed by atoms with van der Waals surface area (Å²) in [6, 6.07) is 21.0. The Morgan fingerprint density at radius 3 is 2.04 bits per heavy atom. The van der Waals surface area contributed by atoms with E-state index in [1.807, 2.05) is 75.4 Å². The van der Waals surface area contributed by atoms with Crippen LogP contribution in [0.1, 0.15) is 23.6 Å². The Morgan fingerprint density at radius 2 is 1.43 bits per heavy atom. The molecule has 0 fully saturated rings. The number of para-hydroxylation sites is 1. The highest BCUT2D eigenvalue weighted by Crippen LogP contribution is 2.24. The van der Waals surface area contributed by atoms with Crippen LogP contribution in [0.25, 0.3) is 0 Å². The van der Waals surface area contributed by atoms with Crippen LogP contribution in [0.3, 0.4) is 0 Å². The van der Waals surface area contributed by atoms with Gasteiger partial charge in [-0.3, -0.25) is 4.79 Å². The lowest BCUT2D eigenvalue weighted by Gasteiger charge is -2.18. The predicted octanol–water partition coefficient (Wildman–Crippen LogP) is 5.84. The quantitative estimate of drug-likeness (QED) is 0.569. The van der Waals surface area contributed by atoms with Crippen LogP contribution in [-0.4, -0.2) is 11.9 Å². The van der Waals surface area contributed by atoms with Crippen molar-refractivity contribution in [3.8, 4) is 11.5 Å². The minimum absolute atomic E-state index is 0.0698. The number of amides is 1. The third-order valence-corrected chi connectivity index (χ3v) is 4.53. The first-order valence-electron chi connectivity index (χ1n) is 9.40. The molecule has 0 heterocycles. The van der Waals surface area contributed by atoms with Crippen LogP contribution in [0.15, 0.2) is 66.7 Å². The molecule has 0 aliphatic heterocycles. The molecule has 1 atom stereocenters. The molecule has 28 heavy (non-hydrogen) atoms. The smallest absolute Gasteiger partial charge is 0.246 e. The molecule has 0 aliphatic carbocycles. The largest absolute Gasteiger partial charge is 0.457 e. The van der Waals surface area contributed by atoms with Gasteiger partial charge in [-0.25, -0.2) is 0 Å². The van der Waals surface area contributed by atoms with E-state index in [9.17, 15) is 4.79 Å². The third-order valence-electron chi connectivity index (χ3n) is 4.53. The van der Waals surface area contributed by atoms with Gasteiger partial charge in [0, 0.05) is 11.4 Å². The fourth-order valence-electron chi connectivity index (χ4n) is 3.17. The highest BCUT2D eigenvalue weighted by Gasteiger charge is 2.15. The molecule has 2 N–H and O–H groups in total. The van der Waals surface area contributed by atoms with Gasteiger partial charge in [0.1, 0.15) is 17.5 Å². The van der Waals surface area contributed by atoms with Gasteiger partial charge in [0.25, 0.3) is 0 Å². The van der Waals surface area contributed by atoms with Gasteiger partial charge in [0.15, 0.2) is 0 Å². The number of hydrogen-bond acceptors (Lipinski definition) is 3. The number of anilines is 2. The first kappa shape index (κ1) is 19.5. The van der Waals surface area contributed by atoms with Crippen LogP contribution in [0.2, 0.25) is 0 Å². The van der Waals surface area contributed by atoms with Gasteiger partial charge in [0.05, 0.1) is 0 Å². The second-order valence-electron chi connectivity index (χ2n) is 7.07. The molecule has 1 amide bonds. The van der Waals surface area contributed by atoms with Gasteiger partial charge in [-0.15, -0.1) is 0 Å². The topological polar surface area (TPSA) is 50.4 Å². The molecular formula is C24H26N2O2. The fraction of sp³-hybridized carbons (Fsp3) is 0.208. The number of hydrogen-bond donors (Lipinski definition) is 2. The summed E-state index contributed by atoms with van der Waals surface area (Å²) in [4.78, 5) is 12.6. The molecule has 3 rings (SSSR count). The Labute approximate surface area is 166 Å². The van der Waals surface area contributed by atoms with E-state index in [-0.39, 0.29) is 11.9 Å². The molecule has 0 unspecified atom stereocenters. The van der Waals surface area contributed by atoms with E-state index < -0.39 is 0 Å². The van der Waals surface area contributed by atoms with Crippen LogP contribution in [0, 0.1) is 20.8 Å². The lowest BCUT2D eigenvalue weighted by atomic mass is 10.0. The van der Waals surface area contributed by atoms with Crippen LogP contribution < -0.4 is 15.4 Å². The molecule has 0 bridgehead atoms. The number of carbonyl (C=O) groups is 1. The molecule has 3 aromatic carbocycles. The van der Waals surface area contributed by atoms with E-state index in [2.05, 4.69) is 29.7 Å². The van der Waals surface area contributed by atoms with Crippen molar-refractivity contribution < 1.29 is 9.53 Å². The zero-order valence-electron chi connectivity index (χ0n) is 16.7. The van der Waals surface area contributed by atoms with E-state index in [0.717, 1.165) is 34.0 Å². The predicted molar refractivity (Wildman–Crippen MR) is 115 cm³/mol. The Hall–Kier alpha value is -3.27. The lowest BCUT2D eigenvalue weighted by Crippen LogP contribution is -2.32. The van der Waals surface area contributed by atoms with Crippen molar-refractivity contribution >= 4 is 17.3 Å². The van der Waals surface area contributed by atoms with Crippen molar-refractivity contribution in [3.05, 3.63) is 83.4 Å². The number of aryl methyl sites for hydroxylation is 3. The van der Waals surface area contributed by atoms with Gasteiger partial charge in [-0.1, -0.05) is 35.9 Å². The Bertz CT molecular complexity index is 927. The van der Waals surface area contributed by atoms with Crippen molar-refractivity contribution in [1.29, 1.82) is 0 Å². The standard InChI is InChI=1S/C24H26N2O2/c1-16-14-17(2)23(18(3)15-16)26-24(27)19(4)25-20-10-12-22(13-11-20)28-21-8-6-5-7-9-21/h5-15,19,25H,1-4H3,(H,26,27)/t19-/m1/s1. The summed E-state index contributed by atoms with van der Waals surface area (Å²) in [5.41, 5.74) is 5.08. The second kappa shape index (κ2) is 8.61. The summed E-state index contributed by atoms with van der Waals surface area (Å²) in [5.74, 6) is 1.47. The summed E-state index contributed by atoms with van der Waals surface area (Å²) in [5, 5.41) is 6.28. The Balaban J connectivity index is 1.61. The molecular weight excluding hydrogens is 348 g/mol. The average molecular weight is 374 g/mol. The highest BCUT2D eigenvalue weighted by molar-refractivity contribution is 5.97.